The SMILES string of the molecule is C=C[C@H]1CC[C@H]([C@H]2CC[C@H](CCc3cc(F)c(F)c(F)c3)CC2)CC1. The highest BCUT2D eigenvalue weighted by molar-refractivity contribution is 5.19. The molecule has 0 saturated heterocycles. The van der Waals surface area contributed by atoms with Crippen LogP contribution >= 0.6 is 0 Å². The molecular formula is C22H29F3. The highest BCUT2D eigenvalue weighted by Crippen LogP contribution is 2.42. The standard InChI is InChI=1S/C22H29F3/c1-2-15-5-9-18(10-6-15)19-11-7-16(8-12-19)3-4-17-13-20(23)22(25)21(24)14-17/h2,13-16,18-19H,1,3-12H2/t15-,16-,18-,19-. The number of allylic oxidation sites excluding steroid dienone is 1. The smallest absolute Gasteiger partial charge is 0.194 e. The van der Waals surface area contributed by atoms with Gasteiger partial charge in [-0.1, -0.05) is 18.9 Å². The quantitative estimate of drug-likeness (QED) is 0.403. The molecular weight excluding hydrogens is 321 g/mol. The van der Waals surface area contributed by atoms with Gasteiger partial charge < -0.3 is 0 Å². The van der Waals surface area contributed by atoms with Crippen molar-refractivity contribution in [2.75, 3.05) is 0 Å². The van der Waals surface area contributed by atoms with E-state index in [1.165, 1.54) is 51.4 Å². The first-order chi connectivity index (χ1) is 12.1. The van der Waals surface area contributed by atoms with Crippen molar-refractivity contribution in [1.82, 2.24) is 0 Å². The van der Waals surface area contributed by atoms with E-state index in [0.29, 0.717) is 17.9 Å². The third kappa shape index (κ3) is 4.68. The van der Waals surface area contributed by atoms with E-state index < -0.39 is 17.5 Å². The molecule has 2 aliphatic rings. The Morgan fingerprint density at radius 3 is 1.88 bits per heavy atom. The van der Waals surface area contributed by atoms with Crippen molar-refractivity contribution in [2.45, 2.75) is 64.2 Å². The third-order valence-corrected chi connectivity index (χ3v) is 6.59. The van der Waals surface area contributed by atoms with Crippen LogP contribution in [0.3, 0.4) is 0 Å². The van der Waals surface area contributed by atoms with Gasteiger partial charge in [0.15, 0.2) is 17.5 Å². The number of halogens is 3. The van der Waals surface area contributed by atoms with Crippen molar-refractivity contribution >= 4 is 0 Å². The van der Waals surface area contributed by atoms with Crippen LogP contribution in [0.25, 0.3) is 0 Å². The van der Waals surface area contributed by atoms with Crippen LogP contribution in [0.2, 0.25) is 0 Å². The van der Waals surface area contributed by atoms with Gasteiger partial charge in [0.05, 0.1) is 0 Å². The fourth-order valence-corrected chi connectivity index (χ4v) is 4.92. The van der Waals surface area contributed by atoms with Crippen LogP contribution in [0.5, 0.6) is 0 Å². The summed E-state index contributed by atoms with van der Waals surface area (Å²) in [5.74, 6) is -0.403. The maximum Gasteiger partial charge on any atom is 0.194 e. The van der Waals surface area contributed by atoms with Crippen LogP contribution in [0.1, 0.15) is 63.4 Å². The number of benzene rings is 1. The second-order valence-electron chi connectivity index (χ2n) is 8.10. The summed E-state index contributed by atoms with van der Waals surface area (Å²) in [6.07, 6.45) is 14.0. The first kappa shape index (κ1) is 18.5. The van der Waals surface area contributed by atoms with Crippen molar-refractivity contribution in [3.63, 3.8) is 0 Å². The molecule has 0 amide bonds. The van der Waals surface area contributed by atoms with Gasteiger partial charge in [-0.15, -0.1) is 6.58 Å². The lowest BCUT2D eigenvalue weighted by Gasteiger charge is -2.37. The minimum absolute atomic E-state index is 0.571. The number of hydrogen-bond acceptors (Lipinski definition) is 0. The van der Waals surface area contributed by atoms with Crippen molar-refractivity contribution in [3.05, 3.63) is 47.8 Å². The molecule has 1 aromatic carbocycles. The number of hydrogen-bond donors (Lipinski definition) is 0. The second kappa shape index (κ2) is 8.42. The Morgan fingerprint density at radius 1 is 0.840 bits per heavy atom. The zero-order chi connectivity index (χ0) is 17.8. The first-order valence-corrected chi connectivity index (χ1v) is 9.82. The van der Waals surface area contributed by atoms with Gasteiger partial charge in [0.25, 0.3) is 0 Å². The van der Waals surface area contributed by atoms with E-state index in [2.05, 4.69) is 12.7 Å². The lowest BCUT2D eigenvalue weighted by atomic mass is 9.68. The maximum absolute atomic E-state index is 13.3. The lowest BCUT2D eigenvalue weighted by Crippen LogP contribution is -2.25. The monoisotopic (exact) mass is 350 g/mol. The molecule has 2 aliphatic carbocycles. The van der Waals surface area contributed by atoms with Gasteiger partial charge in [-0.2, -0.15) is 0 Å². The summed E-state index contributed by atoms with van der Waals surface area (Å²) in [6, 6.07) is 2.28. The molecule has 0 aliphatic heterocycles. The van der Waals surface area contributed by atoms with Gasteiger partial charge >= 0.3 is 0 Å². The second-order valence-corrected chi connectivity index (χ2v) is 8.10. The van der Waals surface area contributed by atoms with Crippen LogP contribution in [-0.2, 0) is 6.42 Å². The Labute approximate surface area is 149 Å². The molecule has 138 valence electrons. The molecule has 0 nitrogen and oxygen atoms in total. The van der Waals surface area contributed by atoms with E-state index in [0.717, 1.165) is 36.3 Å². The molecule has 0 atom stereocenters. The molecule has 0 spiro atoms. The largest absolute Gasteiger partial charge is 0.204 e. The zero-order valence-electron chi connectivity index (χ0n) is 15.0. The van der Waals surface area contributed by atoms with Crippen LogP contribution in [-0.4, -0.2) is 0 Å². The molecule has 0 aromatic heterocycles. The third-order valence-electron chi connectivity index (χ3n) is 6.59. The Bertz CT molecular complexity index is 556. The Morgan fingerprint density at radius 2 is 1.36 bits per heavy atom. The zero-order valence-corrected chi connectivity index (χ0v) is 15.0. The van der Waals surface area contributed by atoms with Crippen molar-refractivity contribution in [1.29, 1.82) is 0 Å². The Balaban J connectivity index is 1.43. The molecule has 0 unspecified atom stereocenters. The van der Waals surface area contributed by atoms with Crippen molar-refractivity contribution in [3.8, 4) is 0 Å². The predicted octanol–water partition coefficient (Wildman–Crippen LogP) is 6.84. The molecule has 1 aromatic rings. The van der Waals surface area contributed by atoms with E-state index >= 15 is 0 Å². The van der Waals surface area contributed by atoms with Gasteiger partial charge in [0.1, 0.15) is 0 Å². The molecule has 0 bridgehead atoms. The van der Waals surface area contributed by atoms with Gasteiger partial charge in [-0.25, -0.2) is 13.2 Å². The van der Waals surface area contributed by atoms with Gasteiger partial charge in [0.2, 0.25) is 0 Å². The van der Waals surface area contributed by atoms with E-state index in [-0.39, 0.29) is 0 Å². The predicted molar refractivity (Wildman–Crippen MR) is 95.7 cm³/mol. The highest BCUT2D eigenvalue weighted by Gasteiger charge is 2.30. The molecule has 0 heterocycles. The first-order valence-electron chi connectivity index (χ1n) is 9.82. The Hall–Kier alpha value is -1.25. The van der Waals surface area contributed by atoms with Crippen molar-refractivity contribution < 1.29 is 13.2 Å². The summed E-state index contributed by atoms with van der Waals surface area (Å²) in [6.45, 7) is 3.93. The molecule has 3 heteroatoms. The molecule has 2 fully saturated rings. The van der Waals surface area contributed by atoms with E-state index in [9.17, 15) is 13.2 Å². The average molecular weight is 350 g/mol. The van der Waals surface area contributed by atoms with Crippen LogP contribution in [0.4, 0.5) is 13.2 Å². The summed E-state index contributed by atoms with van der Waals surface area (Å²) in [4.78, 5) is 0. The summed E-state index contributed by atoms with van der Waals surface area (Å²) in [7, 11) is 0. The summed E-state index contributed by atoms with van der Waals surface area (Å²) in [5, 5.41) is 0. The average Bonchev–Trinajstić information content (AvgIpc) is 2.65. The Kier molecular flexibility index (Phi) is 6.24. The minimum Gasteiger partial charge on any atom is -0.204 e. The summed E-state index contributed by atoms with van der Waals surface area (Å²) >= 11 is 0. The van der Waals surface area contributed by atoms with E-state index in [1.54, 1.807) is 0 Å². The molecule has 25 heavy (non-hydrogen) atoms. The maximum atomic E-state index is 13.3. The molecule has 0 radical (unpaired) electrons. The number of rotatable bonds is 5. The lowest BCUT2D eigenvalue weighted by molar-refractivity contribution is 0.153. The molecule has 0 N–H and O–H groups in total. The molecule has 2 saturated carbocycles. The number of aryl methyl sites for hydroxylation is 1. The van der Waals surface area contributed by atoms with Crippen LogP contribution < -0.4 is 0 Å². The molecule has 3 rings (SSSR count). The fourth-order valence-electron chi connectivity index (χ4n) is 4.92. The van der Waals surface area contributed by atoms with Gasteiger partial charge in [0, 0.05) is 0 Å². The van der Waals surface area contributed by atoms with Gasteiger partial charge in [-0.3, -0.25) is 0 Å². The summed E-state index contributed by atoms with van der Waals surface area (Å²) < 4.78 is 39.6. The summed E-state index contributed by atoms with van der Waals surface area (Å²) in [5.41, 5.74) is 0.571. The minimum atomic E-state index is -1.37. The topological polar surface area (TPSA) is 0 Å². The van der Waals surface area contributed by atoms with Gasteiger partial charge in [-0.05, 0) is 92.7 Å². The fraction of sp³-hybridized carbons (Fsp3) is 0.636. The highest BCUT2D eigenvalue weighted by atomic mass is 19.2. The van der Waals surface area contributed by atoms with Crippen LogP contribution in [0, 0.1) is 41.1 Å². The normalized spacial score (nSPS) is 30.2. The van der Waals surface area contributed by atoms with E-state index in [1.807, 2.05) is 0 Å². The van der Waals surface area contributed by atoms with Crippen LogP contribution in [0.15, 0.2) is 24.8 Å². The van der Waals surface area contributed by atoms with Crippen molar-refractivity contribution in [2.24, 2.45) is 23.7 Å². The van der Waals surface area contributed by atoms with E-state index in [4.69, 9.17) is 0 Å².